The molecule has 0 saturated heterocycles. The summed E-state index contributed by atoms with van der Waals surface area (Å²) in [7, 11) is 0. The summed E-state index contributed by atoms with van der Waals surface area (Å²) in [4.78, 5) is 3.92. The van der Waals surface area contributed by atoms with E-state index < -0.39 is 0 Å². The monoisotopic (exact) mass is 142 g/mol. The van der Waals surface area contributed by atoms with Crippen LogP contribution < -0.4 is 5.73 Å². The van der Waals surface area contributed by atoms with Crippen LogP contribution in [0.4, 0.5) is 0 Å². The lowest BCUT2D eigenvalue weighted by Gasteiger charge is -1.99. The van der Waals surface area contributed by atoms with Crippen molar-refractivity contribution in [3.63, 3.8) is 0 Å². The number of hydrogen-bond acceptors (Lipinski definition) is 2. The predicted molar refractivity (Wildman–Crippen MR) is 43.2 cm³/mol. The molecule has 0 aromatic carbocycles. The van der Waals surface area contributed by atoms with Gasteiger partial charge < -0.3 is 10.8 Å². The van der Waals surface area contributed by atoms with Crippen LogP contribution in [0.5, 0.6) is 0 Å². The summed E-state index contributed by atoms with van der Waals surface area (Å²) in [6, 6.07) is 0. The van der Waals surface area contributed by atoms with E-state index in [4.69, 9.17) is 10.8 Å². The van der Waals surface area contributed by atoms with E-state index in [1.807, 2.05) is 6.92 Å². The van der Waals surface area contributed by atoms with Crippen molar-refractivity contribution in [3.8, 4) is 0 Å². The molecule has 0 aliphatic carbocycles. The van der Waals surface area contributed by atoms with Crippen molar-refractivity contribution in [2.45, 2.75) is 20.8 Å². The van der Waals surface area contributed by atoms with E-state index in [1.54, 1.807) is 13.8 Å². The van der Waals surface area contributed by atoms with Crippen molar-refractivity contribution in [1.82, 2.24) is 0 Å². The molecule has 3 heteroatoms. The standard InChI is InChI=1S/C7H14N2O/c1-4-9-7(8)5(2)6(3)10/h10H,4H2,1-3H3,(H2,8,9)/b6-5-. The Balaban J connectivity index is 4.36. The Morgan fingerprint density at radius 2 is 2.00 bits per heavy atom. The van der Waals surface area contributed by atoms with E-state index in [-0.39, 0.29) is 5.76 Å². The summed E-state index contributed by atoms with van der Waals surface area (Å²) in [5.74, 6) is 0.650. The summed E-state index contributed by atoms with van der Waals surface area (Å²) in [6.07, 6.45) is 0. The van der Waals surface area contributed by atoms with Crippen LogP contribution in [-0.4, -0.2) is 17.5 Å². The molecule has 0 atom stereocenters. The summed E-state index contributed by atoms with van der Waals surface area (Å²) in [5, 5.41) is 8.94. The maximum Gasteiger partial charge on any atom is 0.124 e. The van der Waals surface area contributed by atoms with Gasteiger partial charge in [0.25, 0.3) is 0 Å². The number of allylic oxidation sites excluding steroid dienone is 1. The van der Waals surface area contributed by atoms with Crippen LogP contribution in [0.15, 0.2) is 16.3 Å². The van der Waals surface area contributed by atoms with Crippen LogP contribution in [0.2, 0.25) is 0 Å². The third kappa shape index (κ3) is 2.53. The highest BCUT2D eigenvalue weighted by atomic mass is 16.3. The third-order valence-corrected chi connectivity index (χ3v) is 1.26. The molecule has 58 valence electrons. The van der Waals surface area contributed by atoms with Gasteiger partial charge in [-0.25, -0.2) is 0 Å². The summed E-state index contributed by atoms with van der Waals surface area (Å²) in [5.41, 5.74) is 6.12. The lowest BCUT2D eigenvalue weighted by atomic mass is 10.2. The number of rotatable bonds is 2. The molecule has 0 amide bonds. The fourth-order valence-corrected chi connectivity index (χ4v) is 0.474. The van der Waals surface area contributed by atoms with Crippen LogP contribution in [0.3, 0.4) is 0 Å². The van der Waals surface area contributed by atoms with E-state index in [9.17, 15) is 0 Å². The Kier molecular flexibility index (Phi) is 3.54. The highest BCUT2D eigenvalue weighted by Gasteiger charge is 1.97. The zero-order chi connectivity index (χ0) is 8.15. The first-order chi connectivity index (χ1) is 4.59. The molecule has 0 unspecified atom stereocenters. The van der Waals surface area contributed by atoms with Gasteiger partial charge in [0.05, 0.1) is 5.76 Å². The van der Waals surface area contributed by atoms with Gasteiger partial charge in [-0.1, -0.05) is 0 Å². The smallest absolute Gasteiger partial charge is 0.124 e. The molecule has 0 fully saturated rings. The Morgan fingerprint density at radius 3 is 2.30 bits per heavy atom. The van der Waals surface area contributed by atoms with Gasteiger partial charge in [-0.15, -0.1) is 0 Å². The molecule has 0 radical (unpaired) electrons. The molecule has 10 heavy (non-hydrogen) atoms. The Labute approximate surface area is 61.3 Å². The van der Waals surface area contributed by atoms with Gasteiger partial charge >= 0.3 is 0 Å². The first-order valence-corrected chi connectivity index (χ1v) is 3.26. The van der Waals surface area contributed by atoms with Crippen LogP contribution in [0, 0.1) is 0 Å². The van der Waals surface area contributed by atoms with Crippen molar-refractivity contribution in [1.29, 1.82) is 0 Å². The number of nitrogens with two attached hydrogens (primary N) is 1. The first kappa shape index (κ1) is 9.01. The van der Waals surface area contributed by atoms with Crippen molar-refractivity contribution in [3.05, 3.63) is 11.3 Å². The average molecular weight is 142 g/mol. The topological polar surface area (TPSA) is 58.6 Å². The minimum atomic E-state index is 0.231. The molecule has 0 aromatic rings. The molecular formula is C7H14N2O. The quantitative estimate of drug-likeness (QED) is 0.346. The van der Waals surface area contributed by atoms with Gasteiger partial charge in [0.15, 0.2) is 0 Å². The Morgan fingerprint density at radius 1 is 1.50 bits per heavy atom. The number of aliphatic imine (C=N–C) groups is 1. The second kappa shape index (κ2) is 3.93. The minimum Gasteiger partial charge on any atom is -0.512 e. The van der Waals surface area contributed by atoms with Gasteiger partial charge in [0.2, 0.25) is 0 Å². The largest absolute Gasteiger partial charge is 0.512 e. The van der Waals surface area contributed by atoms with E-state index in [0.717, 1.165) is 0 Å². The van der Waals surface area contributed by atoms with E-state index in [0.29, 0.717) is 18.0 Å². The maximum absolute atomic E-state index is 8.94. The van der Waals surface area contributed by atoms with Crippen LogP contribution in [0.1, 0.15) is 20.8 Å². The Hall–Kier alpha value is -0.990. The summed E-state index contributed by atoms with van der Waals surface area (Å²) >= 11 is 0. The minimum absolute atomic E-state index is 0.231. The predicted octanol–water partition coefficient (Wildman–Crippen LogP) is 1.22. The molecule has 3 N–H and O–H groups in total. The number of amidine groups is 1. The van der Waals surface area contributed by atoms with Gasteiger partial charge in [0.1, 0.15) is 5.84 Å². The molecule has 0 spiro atoms. The maximum atomic E-state index is 8.94. The zero-order valence-corrected chi connectivity index (χ0v) is 6.68. The Bertz CT molecular complexity index is 166. The number of nitrogens with zero attached hydrogens (tertiary/aromatic N) is 1. The molecule has 0 aliphatic rings. The zero-order valence-electron chi connectivity index (χ0n) is 6.68. The highest BCUT2D eigenvalue weighted by molar-refractivity contribution is 5.96. The molecule has 0 rings (SSSR count). The molecular weight excluding hydrogens is 128 g/mol. The second-order valence-electron chi connectivity index (χ2n) is 2.07. The van der Waals surface area contributed by atoms with Gasteiger partial charge in [-0.2, -0.15) is 0 Å². The molecule has 0 aliphatic heterocycles. The lowest BCUT2D eigenvalue weighted by Crippen LogP contribution is -2.14. The SMILES string of the molecule is CCN=C(N)/C(C)=C(/C)O. The molecule has 0 saturated carbocycles. The fraction of sp³-hybridized carbons (Fsp3) is 0.571. The fourth-order valence-electron chi connectivity index (χ4n) is 0.474. The normalized spacial score (nSPS) is 14.9. The average Bonchev–Trinajstić information content (AvgIpc) is 1.87. The molecule has 0 bridgehead atoms. The van der Waals surface area contributed by atoms with Crippen LogP contribution in [0.25, 0.3) is 0 Å². The number of hydrogen-bond donors (Lipinski definition) is 2. The van der Waals surface area contributed by atoms with Crippen LogP contribution >= 0.6 is 0 Å². The second-order valence-corrected chi connectivity index (χ2v) is 2.07. The summed E-state index contributed by atoms with van der Waals surface area (Å²) < 4.78 is 0. The highest BCUT2D eigenvalue weighted by Crippen LogP contribution is 1.98. The van der Waals surface area contributed by atoms with Crippen molar-refractivity contribution in [2.24, 2.45) is 10.7 Å². The lowest BCUT2D eigenvalue weighted by molar-refractivity contribution is 0.410. The van der Waals surface area contributed by atoms with Crippen molar-refractivity contribution in [2.75, 3.05) is 6.54 Å². The number of aliphatic hydroxyl groups is 1. The third-order valence-electron chi connectivity index (χ3n) is 1.26. The van der Waals surface area contributed by atoms with Gasteiger partial charge in [0, 0.05) is 12.1 Å². The number of aliphatic hydroxyl groups excluding tert-OH is 1. The first-order valence-electron chi connectivity index (χ1n) is 3.26. The van der Waals surface area contributed by atoms with Crippen molar-refractivity contribution >= 4 is 5.84 Å². The van der Waals surface area contributed by atoms with Crippen molar-refractivity contribution < 1.29 is 5.11 Å². The summed E-state index contributed by atoms with van der Waals surface area (Å²) in [6.45, 7) is 5.88. The molecule has 0 aromatic heterocycles. The van der Waals surface area contributed by atoms with E-state index >= 15 is 0 Å². The van der Waals surface area contributed by atoms with Gasteiger partial charge in [-0.3, -0.25) is 4.99 Å². The van der Waals surface area contributed by atoms with Crippen LogP contribution in [-0.2, 0) is 0 Å². The van der Waals surface area contributed by atoms with Gasteiger partial charge in [-0.05, 0) is 20.8 Å². The van der Waals surface area contributed by atoms with E-state index in [1.165, 1.54) is 0 Å². The molecule has 3 nitrogen and oxygen atoms in total. The molecule has 0 heterocycles. The van der Waals surface area contributed by atoms with E-state index in [2.05, 4.69) is 4.99 Å².